The first kappa shape index (κ1) is 21.0. The van der Waals surface area contributed by atoms with Gasteiger partial charge in [0.25, 0.3) is 0 Å². The Morgan fingerprint density at radius 2 is 2.14 bits per heavy atom. The molecule has 2 aromatic rings. The molecule has 2 heterocycles. The molecule has 0 radical (unpaired) electrons. The molecule has 3 rings (SSSR count). The minimum atomic E-state index is -0.485. The topological polar surface area (TPSA) is 81.8 Å². The minimum Gasteiger partial charge on any atom is -0.444 e. The van der Waals surface area contributed by atoms with Gasteiger partial charge >= 0.3 is 6.09 Å². The maximum atomic E-state index is 12.0. The SMILES string of the molecule is CCNC(=NCCc1c[nH]c2ccccc12)N1CCC(NC(=O)OC(C)(C)C)C1. The molecule has 3 N–H and O–H groups in total. The third-order valence-corrected chi connectivity index (χ3v) is 4.86. The summed E-state index contributed by atoms with van der Waals surface area (Å²) in [6, 6.07) is 8.41. The first-order chi connectivity index (χ1) is 13.9. The number of hydrogen-bond donors (Lipinski definition) is 3. The van der Waals surface area contributed by atoms with Crippen LogP contribution in [0.2, 0.25) is 0 Å². The van der Waals surface area contributed by atoms with E-state index in [1.54, 1.807) is 0 Å². The first-order valence-corrected chi connectivity index (χ1v) is 10.4. The quantitative estimate of drug-likeness (QED) is 0.532. The van der Waals surface area contributed by atoms with Gasteiger partial charge < -0.3 is 25.3 Å². The van der Waals surface area contributed by atoms with E-state index in [2.05, 4.69) is 51.8 Å². The molecule has 1 aliphatic heterocycles. The van der Waals surface area contributed by atoms with Crippen LogP contribution in [0.4, 0.5) is 4.79 Å². The molecule has 1 fully saturated rings. The highest BCUT2D eigenvalue weighted by molar-refractivity contribution is 5.83. The summed E-state index contributed by atoms with van der Waals surface area (Å²) in [6.07, 6.45) is 3.48. The molecule has 158 valence electrons. The van der Waals surface area contributed by atoms with Crippen molar-refractivity contribution in [3.05, 3.63) is 36.0 Å². The number of guanidine groups is 1. The number of hydrogen-bond acceptors (Lipinski definition) is 3. The molecule has 1 aromatic heterocycles. The number of nitrogens with one attached hydrogen (secondary N) is 3. The minimum absolute atomic E-state index is 0.0716. The number of likely N-dealkylation sites (tertiary alicyclic amines) is 1. The molecule has 1 atom stereocenters. The summed E-state index contributed by atoms with van der Waals surface area (Å²) >= 11 is 0. The molecule has 7 heteroatoms. The summed E-state index contributed by atoms with van der Waals surface area (Å²) in [6.45, 7) is 10.8. The van der Waals surface area contributed by atoms with E-state index in [9.17, 15) is 4.79 Å². The van der Waals surface area contributed by atoms with E-state index >= 15 is 0 Å². The van der Waals surface area contributed by atoms with Crippen LogP contribution in [0.3, 0.4) is 0 Å². The fraction of sp³-hybridized carbons (Fsp3) is 0.545. The molecular formula is C22H33N5O2. The van der Waals surface area contributed by atoms with Crippen molar-refractivity contribution in [1.82, 2.24) is 20.5 Å². The Bertz CT molecular complexity index is 852. The van der Waals surface area contributed by atoms with Crippen LogP contribution in [0, 0.1) is 0 Å². The van der Waals surface area contributed by atoms with Gasteiger partial charge in [0, 0.05) is 43.3 Å². The monoisotopic (exact) mass is 399 g/mol. The van der Waals surface area contributed by atoms with Crippen molar-refractivity contribution >= 4 is 23.0 Å². The zero-order valence-electron chi connectivity index (χ0n) is 17.9. The average molecular weight is 400 g/mol. The maximum absolute atomic E-state index is 12.0. The van der Waals surface area contributed by atoms with Gasteiger partial charge in [-0.15, -0.1) is 0 Å². The van der Waals surface area contributed by atoms with Gasteiger partial charge in [-0.3, -0.25) is 4.99 Å². The van der Waals surface area contributed by atoms with Crippen molar-refractivity contribution in [2.45, 2.75) is 52.2 Å². The molecule has 0 spiro atoms. The van der Waals surface area contributed by atoms with Gasteiger partial charge in [-0.2, -0.15) is 0 Å². The third kappa shape index (κ3) is 5.89. The first-order valence-electron chi connectivity index (χ1n) is 10.4. The zero-order chi connectivity index (χ0) is 20.9. The van der Waals surface area contributed by atoms with Gasteiger partial charge in [0.05, 0.1) is 6.04 Å². The standard InChI is InChI=1S/C22H33N5O2/c1-5-23-20(24-12-10-16-14-25-19-9-7-6-8-18(16)19)27-13-11-17(15-27)26-21(28)29-22(2,3)4/h6-9,14,17,25H,5,10-13,15H2,1-4H3,(H,23,24)(H,26,28). The molecule has 1 aromatic carbocycles. The van der Waals surface area contributed by atoms with Crippen molar-refractivity contribution in [3.8, 4) is 0 Å². The number of rotatable bonds is 5. The number of aromatic nitrogens is 1. The molecule has 0 aliphatic carbocycles. The van der Waals surface area contributed by atoms with Gasteiger partial charge in [0.2, 0.25) is 0 Å². The summed E-state index contributed by atoms with van der Waals surface area (Å²) in [5, 5.41) is 7.61. The number of alkyl carbamates (subject to hydrolysis) is 1. The maximum Gasteiger partial charge on any atom is 0.407 e. The number of H-pyrrole nitrogens is 1. The van der Waals surface area contributed by atoms with Gasteiger partial charge in [-0.25, -0.2) is 4.79 Å². The Morgan fingerprint density at radius 1 is 1.34 bits per heavy atom. The number of aromatic amines is 1. The Morgan fingerprint density at radius 3 is 2.90 bits per heavy atom. The predicted octanol–water partition coefficient (Wildman–Crippen LogP) is 3.27. The second-order valence-corrected chi connectivity index (χ2v) is 8.42. The fourth-order valence-corrected chi connectivity index (χ4v) is 3.59. The summed E-state index contributed by atoms with van der Waals surface area (Å²) in [5.41, 5.74) is 1.96. The number of benzene rings is 1. The Labute approximate surface area is 172 Å². The lowest BCUT2D eigenvalue weighted by Gasteiger charge is -2.23. The predicted molar refractivity (Wildman–Crippen MR) is 117 cm³/mol. The Balaban J connectivity index is 1.56. The zero-order valence-corrected chi connectivity index (χ0v) is 17.9. The normalized spacial score (nSPS) is 17.6. The van der Waals surface area contributed by atoms with Crippen LogP contribution in [0.15, 0.2) is 35.5 Å². The summed E-state index contributed by atoms with van der Waals surface area (Å²) in [7, 11) is 0. The second-order valence-electron chi connectivity index (χ2n) is 8.42. The summed E-state index contributed by atoms with van der Waals surface area (Å²) in [4.78, 5) is 22.4. The van der Waals surface area contributed by atoms with Crippen molar-refractivity contribution in [3.63, 3.8) is 0 Å². The smallest absolute Gasteiger partial charge is 0.407 e. The van der Waals surface area contributed by atoms with E-state index in [4.69, 9.17) is 9.73 Å². The Kier molecular flexibility index (Phi) is 6.67. The molecule has 0 bridgehead atoms. The number of fused-ring (bicyclic) bond motifs is 1. The lowest BCUT2D eigenvalue weighted by Crippen LogP contribution is -2.44. The lowest BCUT2D eigenvalue weighted by molar-refractivity contribution is 0.0507. The number of carbonyl (C=O) groups excluding carboxylic acids is 1. The van der Waals surface area contributed by atoms with Gasteiger partial charge in [0.15, 0.2) is 5.96 Å². The number of carbonyl (C=O) groups is 1. The molecule has 0 saturated carbocycles. The number of nitrogens with zero attached hydrogens (tertiary/aromatic N) is 2. The van der Waals surface area contributed by atoms with Crippen LogP contribution >= 0.6 is 0 Å². The highest BCUT2D eigenvalue weighted by Gasteiger charge is 2.27. The largest absolute Gasteiger partial charge is 0.444 e. The molecule has 1 saturated heterocycles. The number of para-hydroxylation sites is 1. The highest BCUT2D eigenvalue weighted by Crippen LogP contribution is 2.18. The van der Waals surface area contributed by atoms with Crippen LogP contribution < -0.4 is 10.6 Å². The van der Waals surface area contributed by atoms with Gasteiger partial charge in [0.1, 0.15) is 5.60 Å². The van der Waals surface area contributed by atoms with Gasteiger partial charge in [-0.05, 0) is 52.2 Å². The van der Waals surface area contributed by atoms with Crippen LogP contribution in [-0.2, 0) is 11.2 Å². The second kappa shape index (κ2) is 9.20. The molecule has 1 unspecified atom stereocenters. The number of ether oxygens (including phenoxy) is 1. The fourth-order valence-electron chi connectivity index (χ4n) is 3.59. The molecule has 1 aliphatic rings. The summed E-state index contributed by atoms with van der Waals surface area (Å²) < 4.78 is 5.37. The van der Waals surface area contributed by atoms with E-state index < -0.39 is 5.60 Å². The van der Waals surface area contributed by atoms with Crippen molar-refractivity contribution < 1.29 is 9.53 Å². The molecule has 1 amide bonds. The van der Waals surface area contributed by atoms with Crippen molar-refractivity contribution in [2.75, 3.05) is 26.2 Å². The number of aliphatic imine (C=N–C) groups is 1. The Hall–Kier alpha value is -2.70. The van der Waals surface area contributed by atoms with Crippen LogP contribution in [0.1, 0.15) is 39.7 Å². The van der Waals surface area contributed by atoms with Crippen LogP contribution in [-0.4, -0.2) is 59.8 Å². The number of amides is 1. The van der Waals surface area contributed by atoms with E-state index in [-0.39, 0.29) is 12.1 Å². The average Bonchev–Trinajstić information content (AvgIpc) is 3.27. The van der Waals surface area contributed by atoms with E-state index in [1.165, 1.54) is 10.9 Å². The summed E-state index contributed by atoms with van der Waals surface area (Å²) in [5.74, 6) is 0.904. The van der Waals surface area contributed by atoms with Crippen LogP contribution in [0.25, 0.3) is 10.9 Å². The molecule has 7 nitrogen and oxygen atoms in total. The molecular weight excluding hydrogens is 366 g/mol. The van der Waals surface area contributed by atoms with Gasteiger partial charge in [-0.1, -0.05) is 18.2 Å². The van der Waals surface area contributed by atoms with Crippen molar-refractivity contribution in [1.29, 1.82) is 0 Å². The van der Waals surface area contributed by atoms with E-state index in [1.807, 2.05) is 26.8 Å². The van der Waals surface area contributed by atoms with E-state index in [0.717, 1.165) is 44.0 Å². The van der Waals surface area contributed by atoms with Crippen LogP contribution in [0.5, 0.6) is 0 Å². The molecule has 29 heavy (non-hydrogen) atoms. The van der Waals surface area contributed by atoms with E-state index in [0.29, 0.717) is 6.54 Å². The lowest BCUT2D eigenvalue weighted by atomic mass is 10.1. The third-order valence-electron chi connectivity index (χ3n) is 4.86. The van der Waals surface area contributed by atoms with Crippen molar-refractivity contribution in [2.24, 2.45) is 4.99 Å². The highest BCUT2D eigenvalue weighted by atomic mass is 16.6.